The van der Waals surface area contributed by atoms with E-state index in [-0.39, 0.29) is 11.9 Å². The molecule has 7 heteroatoms. The second kappa shape index (κ2) is 9.56. The molecule has 6 nitrogen and oxygen atoms in total. The third-order valence-electron chi connectivity index (χ3n) is 5.76. The van der Waals surface area contributed by atoms with E-state index in [2.05, 4.69) is 24.0 Å². The summed E-state index contributed by atoms with van der Waals surface area (Å²) in [4.78, 5) is 14.9. The van der Waals surface area contributed by atoms with Gasteiger partial charge in [-0.15, -0.1) is 10.2 Å². The van der Waals surface area contributed by atoms with Crippen molar-refractivity contribution in [2.24, 2.45) is 5.92 Å². The van der Waals surface area contributed by atoms with Crippen LogP contribution in [0.2, 0.25) is 0 Å². The lowest BCUT2D eigenvalue weighted by Crippen LogP contribution is -2.45. The zero-order valence-corrected chi connectivity index (χ0v) is 19.0. The van der Waals surface area contributed by atoms with Gasteiger partial charge in [-0.05, 0) is 49.9 Å². The molecule has 31 heavy (non-hydrogen) atoms. The van der Waals surface area contributed by atoms with Gasteiger partial charge in [0.05, 0.1) is 12.9 Å². The molecule has 0 radical (unpaired) electrons. The van der Waals surface area contributed by atoms with E-state index >= 15 is 0 Å². The van der Waals surface area contributed by atoms with Crippen LogP contribution in [0.25, 0.3) is 17.1 Å². The maximum absolute atomic E-state index is 12.9. The van der Waals surface area contributed by atoms with Crippen LogP contribution in [-0.2, 0) is 4.79 Å². The van der Waals surface area contributed by atoms with Crippen molar-refractivity contribution in [2.75, 3.05) is 19.4 Å². The zero-order valence-electron chi connectivity index (χ0n) is 18.2. The van der Waals surface area contributed by atoms with E-state index < -0.39 is 0 Å². The van der Waals surface area contributed by atoms with Crippen LogP contribution in [-0.4, -0.2) is 51.0 Å². The van der Waals surface area contributed by atoms with E-state index in [9.17, 15) is 4.79 Å². The smallest absolute Gasteiger partial charge is 0.233 e. The number of carbonyl (C=O) groups is 1. The summed E-state index contributed by atoms with van der Waals surface area (Å²) in [6.45, 7) is 5.24. The quantitative estimate of drug-likeness (QED) is 0.525. The van der Waals surface area contributed by atoms with Crippen molar-refractivity contribution in [1.82, 2.24) is 19.7 Å². The maximum Gasteiger partial charge on any atom is 0.233 e. The van der Waals surface area contributed by atoms with Gasteiger partial charge in [0.1, 0.15) is 5.75 Å². The summed E-state index contributed by atoms with van der Waals surface area (Å²) in [6, 6.07) is 18.1. The Bertz CT molecular complexity index is 1040. The van der Waals surface area contributed by atoms with Gasteiger partial charge in [-0.25, -0.2) is 0 Å². The minimum Gasteiger partial charge on any atom is -0.497 e. The SMILES string of the molecule is COc1cccc(-c2nnc(SCC(=O)N3CC[C@@H](C)C[C@H]3C)n2-c2ccccc2)c1. The Morgan fingerprint density at radius 2 is 1.94 bits per heavy atom. The van der Waals surface area contributed by atoms with Crippen LogP contribution in [0.4, 0.5) is 0 Å². The summed E-state index contributed by atoms with van der Waals surface area (Å²) in [5, 5.41) is 9.61. The summed E-state index contributed by atoms with van der Waals surface area (Å²) in [7, 11) is 1.65. The van der Waals surface area contributed by atoms with Crippen molar-refractivity contribution in [1.29, 1.82) is 0 Å². The highest BCUT2D eigenvalue weighted by molar-refractivity contribution is 7.99. The number of benzene rings is 2. The Morgan fingerprint density at radius 1 is 1.13 bits per heavy atom. The molecule has 0 spiro atoms. The van der Waals surface area contributed by atoms with E-state index in [0.717, 1.165) is 42.2 Å². The van der Waals surface area contributed by atoms with E-state index in [1.807, 2.05) is 64.1 Å². The number of amides is 1. The van der Waals surface area contributed by atoms with Gasteiger partial charge in [0, 0.05) is 23.8 Å². The first-order chi connectivity index (χ1) is 15.1. The first-order valence-corrected chi connectivity index (χ1v) is 11.6. The molecule has 162 valence electrons. The highest BCUT2D eigenvalue weighted by Crippen LogP contribution is 2.30. The third-order valence-corrected chi connectivity index (χ3v) is 6.67. The van der Waals surface area contributed by atoms with Crippen molar-refractivity contribution < 1.29 is 9.53 Å². The number of ether oxygens (including phenoxy) is 1. The van der Waals surface area contributed by atoms with Crippen molar-refractivity contribution in [3.8, 4) is 22.8 Å². The van der Waals surface area contributed by atoms with E-state index in [1.165, 1.54) is 11.8 Å². The lowest BCUT2D eigenvalue weighted by atomic mass is 9.93. The molecule has 1 amide bonds. The lowest BCUT2D eigenvalue weighted by molar-refractivity contribution is -0.132. The molecular formula is C24H28N4O2S. The van der Waals surface area contributed by atoms with Crippen LogP contribution < -0.4 is 4.74 Å². The Labute approximate surface area is 187 Å². The fourth-order valence-corrected chi connectivity index (χ4v) is 4.95. The number of hydrogen-bond acceptors (Lipinski definition) is 5. The summed E-state index contributed by atoms with van der Waals surface area (Å²) in [5.74, 6) is 2.67. The Balaban J connectivity index is 1.61. The van der Waals surface area contributed by atoms with Gasteiger partial charge in [0.2, 0.25) is 5.91 Å². The number of piperidine rings is 1. The molecule has 0 saturated carbocycles. The highest BCUT2D eigenvalue weighted by atomic mass is 32.2. The standard InChI is InChI=1S/C24H28N4O2S/c1-17-12-13-27(18(2)14-17)22(29)16-31-24-26-25-23(19-8-7-11-21(15-19)30-3)28(24)20-9-5-4-6-10-20/h4-11,15,17-18H,12-14,16H2,1-3H3/t17-,18-/m1/s1. The van der Waals surface area contributed by atoms with Crippen LogP contribution in [0.3, 0.4) is 0 Å². The van der Waals surface area contributed by atoms with Gasteiger partial charge in [-0.3, -0.25) is 9.36 Å². The zero-order chi connectivity index (χ0) is 21.8. The first kappa shape index (κ1) is 21.4. The van der Waals surface area contributed by atoms with Gasteiger partial charge in [0.15, 0.2) is 11.0 Å². The minimum atomic E-state index is 0.162. The van der Waals surface area contributed by atoms with E-state index in [4.69, 9.17) is 4.74 Å². The molecule has 2 aromatic carbocycles. The van der Waals surface area contributed by atoms with Crippen LogP contribution in [0.15, 0.2) is 59.8 Å². The van der Waals surface area contributed by atoms with Crippen LogP contribution >= 0.6 is 11.8 Å². The Hall–Kier alpha value is -2.80. The average molecular weight is 437 g/mol. The second-order valence-corrected chi connectivity index (χ2v) is 9.01. The highest BCUT2D eigenvalue weighted by Gasteiger charge is 2.27. The summed E-state index contributed by atoms with van der Waals surface area (Å²) >= 11 is 1.44. The van der Waals surface area contributed by atoms with Crippen LogP contribution in [0, 0.1) is 5.92 Å². The van der Waals surface area contributed by atoms with Gasteiger partial charge in [0.25, 0.3) is 0 Å². The summed E-state index contributed by atoms with van der Waals surface area (Å²) in [6.07, 6.45) is 2.14. The molecule has 1 fully saturated rings. The molecule has 0 aliphatic carbocycles. The average Bonchev–Trinajstić information content (AvgIpc) is 3.22. The maximum atomic E-state index is 12.9. The number of rotatable bonds is 6. The largest absolute Gasteiger partial charge is 0.497 e. The van der Waals surface area contributed by atoms with Crippen LogP contribution in [0.1, 0.15) is 26.7 Å². The molecule has 1 saturated heterocycles. The number of aromatic nitrogens is 3. The predicted octanol–water partition coefficient (Wildman–Crippen LogP) is 4.68. The summed E-state index contributed by atoms with van der Waals surface area (Å²) < 4.78 is 7.39. The number of thioether (sulfide) groups is 1. The predicted molar refractivity (Wildman–Crippen MR) is 124 cm³/mol. The molecule has 2 atom stereocenters. The third kappa shape index (κ3) is 4.77. The van der Waals surface area contributed by atoms with Crippen molar-refractivity contribution in [2.45, 2.75) is 37.9 Å². The first-order valence-electron chi connectivity index (χ1n) is 10.6. The van der Waals surface area contributed by atoms with Gasteiger partial charge >= 0.3 is 0 Å². The molecule has 1 aromatic heterocycles. The fourth-order valence-electron chi connectivity index (χ4n) is 4.11. The second-order valence-electron chi connectivity index (χ2n) is 8.06. The van der Waals surface area contributed by atoms with E-state index in [1.54, 1.807) is 7.11 Å². The van der Waals surface area contributed by atoms with Gasteiger partial charge in [-0.1, -0.05) is 49.0 Å². The van der Waals surface area contributed by atoms with Crippen molar-refractivity contribution in [3.05, 3.63) is 54.6 Å². The number of methoxy groups -OCH3 is 1. The normalized spacial score (nSPS) is 18.7. The molecule has 0 bridgehead atoms. The Kier molecular flexibility index (Phi) is 6.61. The number of carbonyl (C=O) groups excluding carboxylic acids is 1. The van der Waals surface area contributed by atoms with Gasteiger partial charge in [-0.2, -0.15) is 0 Å². The molecule has 0 unspecified atom stereocenters. The summed E-state index contributed by atoms with van der Waals surface area (Å²) in [5.41, 5.74) is 1.87. The molecule has 3 aromatic rings. The monoisotopic (exact) mass is 436 g/mol. The number of para-hydroxylation sites is 1. The fraction of sp³-hybridized carbons (Fsp3) is 0.375. The number of nitrogens with zero attached hydrogens (tertiary/aromatic N) is 4. The molecule has 1 aliphatic heterocycles. The van der Waals surface area contributed by atoms with Gasteiger partial charge < -0.3 is 9.64 Å². The topological polar surface area (TPSA) is 60.3 Å². The Morgan fingerprint density at radius 3 is 2.68 bits per heavy atom. The lowest BCUT2D eigenvalue weighted by Gasteiger charge is -2.36. The number of likely N-dealkylation sites (tertiary alicyclic amines) is 1. The number of hydrogen-bond donors (Lipinski definition) is 0. The van der Waals surface area contributed by atoms with Crippen molar-refractivity contribution in [3.63, 3.8) is 0 Å². The molecule has 2 heterocycles. The van der Waals surface area contributed by atoms with Crippen molar-refractivity contribution >= 4 is 17.7 Å². The molecule has 0 N–H and O–H groups in total. The minimum absolute atomic E-state index is 0.162. The molecule has 1 aliphatic rings. The molecular weight excluding hydrogens is 408 g/mol. The van der Waals surface area contributed by atoms with Crippen LogP contribution in [0.5, 0.6) is 5.75 Å². The molecule has 4 rings (SSSR count). The van der Waals surface area contributed by atoms with E-state index in [0.29, 0.717) is 16.8 Å².